The van der Waals surface area contributed by atoms with Crippen LogP contribution in [0.3, 0.4) is 0 Å². The first-order valence-corrected chi connectivity index (χ1v) is 6.67. The van der Waals surface area contributed by atoms with Gasteiger partial charge in [0.05, 0.1) is 24.7 Å². The minimum absolute atomic E-state index is 0.00288. The van der Waals surface area contributed by atoms with Crippen LogP contribution in [0.4, 0.5) is 0 Å². The van der Waals surface area contributed by atoms with Crippen molar-refractivity contribution >= 4 is 13.1 Å². The Bertz CT molecular complexity index is 351. The van der Waals surface area contributed by atoms with Gasteiger partial charge in [-0.2, -0.15) is 0 Å². The lowest BCUT2D eigenvalue weighted by molar-refractivity contribution is -0.148. The first-order valence-electron chi connectivity index (χ1n) is 6.67. The maximum absolute atomic E-state index is 11.6. The molecule has 5 heteroatoms. The smallest absolute Gasteiger partial charge is 0.466 e. The van der Waals surface area contributed by atoms with Crippen LogP contribution >= 0.6 is 0 Å². The molecule has 0 spiro atoms. The van der Waals surface area contributed by atoms with E-state index in [1.807, 2.05) is 20.8 Å². The lowest BCUT2D eigenvalue weighted by Gasteiger charge is -2.22. The molecule has 1 aliphatic heterocycles. The van der Waals surface area contributed by atoms with Gasteiger partial charge in [0.2, 0.25) is 0 Å². The van der Waals surface area contributed by atoms with E-state index < -0.39 is 0 Å². The van der Waals surface area contributed by atoms with Crippen LogP contribution in [-0.4, -0.2) is 31.9 Å². The predicted octanol–water partition coefficient (Wildman–Crippen LogP) is 2.13. The number of rotatable bonds is 3. The van der Waals surface area contributed by atoms with Gasteiger partial charge in [-0.1, -0.05) is 6.08 Å². The van der Waals surface area contributed by atoms with E-state index in [-0.39, 0.29) is 24.6 Å². The van der Waals surface area contributed by atoms with E-state index >= 15 is 0 Å². The molecule has 0 bridgehead atoms. The molecule has 1 unspecified atom stereocenters. The Morgan fingerprint density at radius 1 is 1.61 bits per heavy atom. The number of esters is 1. The van der Waals surface area contributed by atoms with E-state index in [4.69, 9.17) is 14.0 Å². The molecule has 2 rings (SSSR count). The fourth-order valence-electron chi connectivity index (χ4n) is 2.36. The molecule has 0 aromatic carbocycles. The molecule has 2 aliphatic rings. The maximum Gasteiger partial charge on any atom is 0.489 e. The van der Waals surface area contributed by atoms with Crippen LogP contribution in [0.2, 0.25) is 0 Å². The molecule has 0 aromatic rings. The van der Waals surface area contributed by atoms with Gasteiger partial charge in [0.25, 0.3) is 0 Å². The lowest BCUT2D eigenvalue weighted by atomic mass is 9.71. The Kier molecular flexibility index (Phi) is 4.12. The van der Waals surface area contributed by atoms with E-state index in [0.717, 1.165) is 19.3 Å². The molecule has 0 radical (unpaired) electrons. The molecule has 1 heterocycles. The minimum atomic E-state index is -0.219. The van der Waals surface area contributed by atoms with Gasteiger partial charge in [0, 0.05) is 0 Å². The monoisotopic (exact) mass is 252 g/mol. The van der Waals surface area contributed by atoms with Crippen molar-refractivity contribution in [1.29, 1.82) is 0 Å². The highest BCUT2D eigenvalue weighted by molar-refractivity contribution is 6.54. The van der Waals surface area contributed by atoms with Gasteiger partial charge < -0.3 is 14.0 Å². The third-order valence-electron chi connectivity index (χ3n) is 3.38. The SMILES string of the molecule is CCOC(=O)C1CC=C(B2OCC(C)(C)O2)CC1. The van der Waals surface area contributed by atoms with Crippen LogP contribution in [0.25, 0.3) is 0 Å². The Morgan fingerprint density at radius 2 is 2.39 bits per heavy atom. The van der Waals surface area contributed by atoms with Crippen molar-refractivity contribution in [2.45, 2.75) is 45.6 Å². The highest BCUT2D eigenvalue weighted by atomic mass is 16.7. The molecule has 4 nitrogen and oxygen atoms in total. The predicted molar refractivity (Wildman–Crippen MR) is 68.9 cm³/mol. The zero-order chi connectivity index (χ0) is 13.2. The Balaban J connectivity index is 1.89. The molecule has 0 saturated carbocycles. The average molecular weight is 252 g/mol. The molecule has 1 aliphatic carbocycles. The molecular formula is C13H21BO4. The standard InChI is InChI=1S/C13H21BO4/c1-4-16-12(15)10-5-7-11(8-6-10)14-17-9-13(2,3)18-14/h7,10H,4-6,8-9H2,1-3H3. The first kappa shape index (κ1) is 13.6. The van der Waals surface area contributed by atoms with Crippen LogP contribution in [0, 0.1) is 5.92 Å². The highest BCUT2D eigenvalue weighted by Gasteiger charge is 2.40. The zero-order valence-corrected chi connectivity index (χ0v) is 11.4. The van der Waals surface area contributed by atoms with Crippen molar-refractivity contribution in [1.82, 2.24) is 0 Å². The summed E-state index contributed by atoms with van der Waals surface area (Å²) in [6.07, 6.45) is 4.49. The van der Waals surface area contributed by atoms with Crippen molar-refractivity contribution in [3.05, 3.63) is 11.5 Å². The van der Waals surface area contributed by atoms with E-state index in [1.54, 1.807) is 0 Å². The van der Waals surface area contributed by atoms with Crippen molar-refractivity contribution in [2.24, 2.45) is 5.92 Å². The molecule has 18 heavy (non-hydrogen) atoms. The molecule has 1 atom stereocenters. The summed E-state index contributed by atoms with van der Waals surface area (Å²) in [5.41, 5.74) is 0.963. The second-order valence-corrected chi connectivity index (χ2v) is 5.52. The van der Waals surface area contributed by atoms with Crippen LogP contribution in [0.1, 0.15) is 40.0 Å². The molecule has 100 valence electrons. The molecule has 0 N–H and O–H groups in total. The fraction of sp³-hybridized carbons (Fsp3) is 0.769. The fourth-order valence-corrected chi connectivity index (χ4v) is 2.36. The van der Waals surface area contributed by atoms with Crippen LogP contribution in [-0.2, 0) is 18.8 Å². The normalized spacial score (nSPS) is 26.9. The molecule has 1 saturated heterocycles. The lowest BCUT2D eigenvalue weighted by Crippen LogP contribution is -2.28. The number of ether oxygens (including phenoxy) is 1. The van der Waals surface area contributed by atoms with Gasteiger partial charge in [-0.05, 0) is 45.5 Å². The van der Waals surface area contributed by atoms with E-state index in [2.05, 4.69) is 6.08 Å². The second-order valence-electron chi connectivity index (χ2n) is 5.52. The number of carbonyl (C=O) groups excluding carboxylic acids is 1. The van der Waals surface area contributed by atoms with Crippen LogP contribution < -0.4 is 0 Å². The summed E-state index contributed by atoms with van der Waals surface area (Å²) in [5.74, 6) is -0.0792. The van der Waals surface area contributed by atoms with Crippen molar-refractivity contribution in [3.8, 4) is 0 Å². The van der Waals surface area contributed by atoms with Gasteiger partial charge in [-0.15, -0.1) is 0 Å². The summed E-state index contributed by atoms with van der Waals surface area (Å²) in [6.45, 7) is 6.96. The first-order chi connectivity index (χ1) is 8.52. The van der Waals surface area contributed by atoms with Gasteiger partial charge >= 0.3 is 13.1 Å². The van der Waals surface area contributed by atoms with Crippen molar-refractivity contribution in [2.75, 3.05) is 13.2 Å². The van der Waals surface area contributed by atoms with Gasteiger partial charge in [-0.25, -0.2) is 0 Å². The van der Waals surface area contributed by atoms with E-state index in [9.17, 15) is 4.79 Å². The number of carbonyl (C=O) groups is 1. The molecular weight excluding hydrogens is 231 g/mol. The Morgan fingerprint density at radius 3 is 2.89 bits per heavy atom. The third kappa shape index (κ3) is 3.15. The van der Waals surface area contributed by atoms with Crippen LogP contribution in [0.5, 0.6) is 0 Å². The van der Waals surface area contributed by atoms with Crippen LogP contribution in [0.15, 0.2) is 11.5 Å². The Labute approximate surface area is 109 Å². The maximum atomic E-state index is 11.6. The summed E-state index contributed by atoms with van der Waals surface area (Å²) in [5, 5.41) is 0. The summed E-state index contributed by atoms with van der Waals surface area (Å²) in [6, 6.07) is 0. The largest absolute Gasteiger partial charge is 0.489 e. The summed E-state index contributed by atoms with van der Waals surface area (Å²) >= 11 is 0. The quantitative estimate of drug-likeness (QED) is 0.570. The van der Waals surface area contributed by atoms with E-state index in [1.165, 1.54) is 5.47 Å². The van der Waals surface area contributed by atoms with Crippen molar-refractivity contribution < 1.29 is 18.8 Å². The van der Waals surface area contributed by atoms with Crippen molar-refractivity contribution in [3.63, 3.8) is 0 Å². The average Bonchev–Trinajstić information content (AvgIpc) is 2.70. The highest BCUT2D eigenvalue weighted by Crippen LogP contribution is 2.31. The van der Waals surface area contributed by atoms with Gasteiger partial charge in [-0.3, -0.25) is 4.79 Å². The number of hydrogen-bond donors (Lipinski definition) is 0. The van der Waals surface area contributed by atoms with E-state index in [0.29, 0.717) is 13.2 Å². The third-order valence-corrected chi connectivity index (χ3v) is 3.38. The second kappa shape index (κ2) is 5.45. The van der Waals surface area contributed by atoms with Gasteiger partial charge in [0.15, 0.2) is 0 Å². The number of hydrogen-bond acceptors (Lipinski definition) is 4. The topological polar surface area (TPSA) is 44.8 Å². The Hall–Kier alpha value is -0.805. The minimum Gasteiger partial charge on any atom is -0.466 e. The summed E-state index contributed by atoms with van der Waals surface area (Å²) in [7, 11) is -0.219. The number of allylic oxidation sites excluding steroid dienone is 2. The zero-order valence-electron chi connectivity index (χ0n) is 11.4. The molecule has 0 aromatic heterocycles. The summed E-state index contributed by atoms with van der Waals surface area (Å²) in [4.78, 5) is 11.6. The molecule has 1 fully saturated rings. The van der Waals surface area contributed by atoms with Gasteiger partial charge in [0.1, 0.15) is 0 Å². The summed E-state index contributed by atoms with van der Waals surface area (Å²) < 4.78 is 16.5. The molecule has 0 amide bonds.